The molecule has 0 saturated carbocycles. The fourth-order valence-corrected chi connectivity index (χ4v) is 7.09. The molecular formula is C26H37N9O7S3. The number of thioether (sulfide) groups is 2. The van der Waals surface area contributed by atoms with Gasteiger partial charge in [0.1, 0.15) is 17.1 Å². The van der Waals surface area contributed by atoms with Crippen LogP contribution in [0.25, 0.3) is 0 Å². The third kappa shape index (κ3) is 9.30. The molecule has 19 heteroatoms. The second-order valence-electron chi connectivity index (χ2n) is 11.7. The summed E-state index contributed by atoms with van der Waals surface area (Å²) in [6.45, 7) is 8.45. The highest BCUT2D eigenvalue weighted by Gasteiger charge is 2.54. The molecule has 0 radical (unpaired) electrons. The van der Waals surface area contributed by atoms with E-state index in [9.17, 15) is 19.2 Å². The van der Waals surface area contributed by atoms with Crippen LogP contribution in [0.2, 0.25) is 0 Å². The first kappa shape index (κ1) is 34.5. The number of ether oxygens (including phenoxy) is 3. The number of rotatable bonds is 13. The topological polar surface area (TPSA) is 197 Å². The van der Waals surface area contributed by atoms with E-state index in [0.29, 0.717) is 33.9 Å². The number of nitrogen functional groups attached to an aromatic ring is 1. The Bertz CT molecular complexity index is 1440. The lowest BCUT2D eigenvalue weighted by Crippen LogP contribution is -2.70. The molecule has 1 unspecified atom stereocenters. The van der Waals surface area contributed by atoms with Crippen molar-refractivity contribution in [3.05, 3.63) is 22.3 Å². The van der Waals surface area contributed by atoms with Gasteiger partial charge in [-0.15, -0.1) is 28.2 Å². The third-order valence-electron chi connectivity index (χ3n) is 6.26. The lowest BCUT2D eigenvalue weighted by atomic mass is 9.99. The SMILES string of the molecule is CC(OC(=O)OCC(C)(C)C)OC(=O)C1=C(CSc2nnnn2CCN(C)C)CS[C@H]2[C@H](NC(=O)Cc3csc(N)n3)C(=O)N12. The number of fused-ring (bicyclic) bond motifs is 1. The van der Waals surface area contributed by atoms with Gasteiger partial charge in [-0.2, -0.15) is 0 Å². The Kier molecular flexibility index (Phi) is 11.3. The Morgan fingerprint density at radius 1 is 1.27 bits per heavy atom. The van der Waals surface area contributed by atoms with Crippen LogP contribution in [0.4, 0.5) is 9.93 Å². The van der Waals surface area contributed by atoms with Crippen LogP contribution in [0.3, 0.4) is 0 Å². The zero-order valence-corrected chi connectivity index (χ0v) is 28.3. The van der Waals surface area contributed by atoms with Gasteiger partial charge < -0.3 is 30.2 Å². The van der Waals surface area contributed by atoms with E-state index in [4.69, 9.17) is 19.9 Å². The minimum Gasteiger partial charge on any atom is -0.434 e. The van der Waals surface area contributed by atoms with Crippen LogP contribution in [0.15, 0.2) is 21.8 Å². The number of nitrogens with one attached hydrogen (secondary N) is 1. The van der Waals surface area contributed by atoms with Crippen molar-refractivity contribution >= 4 is 63.9 Å². The molecule has 2 aromatic rings. The average Bonchev–Trinajstić information content (AvgIpc) is 3.59. The predicted molar refractivity (Wildman–Crippen MR) is 167 cm³/mol. The molecular weight excluding hydrogens is 647 g/mol. The van der Waals surface area contributed by atoms with E-state index in [0.717, 1.165) is 6.54 Å². The number of likely N-dealkylation sites (N-methyl/N-ethyl adjacent to an activating group) is 1. The predicted octanol–water partition coefficient (Wildman–Crippen LogP) is 1.35. The Morgan fingerprint density at radius 2 is 2.02 bits per heavy atom. The van der Waals surface area contributed by atoms with E-state index in [2.05, 4.69) is 25.8 Å². The number of anilines is 1. The summed E-state index contributed by atoms with van der Waals surface area (Å²) in [6, 6.07) is -0.852. The van der Waals surface area contributed by atoms with Gasteiger partial charge in [0.25, 0.3) is 5.91 Å². The normalized spacial score (nSPS) is 18.7. The number of esters is 1. The molecule has 0 aromatic carbocycles. The number of aromatic nitrogens is 5. The van der Waals surface area contributed by atoms with E-state index in [1.54, 1.807) is 10.1 Å². The third-order valence-corrected chi connectivity index (χ3v) is 9.37. The van der Waals surface area contributed by atoms with Gasteiger partial charge in [0.2, 0.25) is 17.4 Å². The van der Waals surface area contributed by atoms with Crippen LogP contribution in [0.5, 0.6) is 0 Å². The van der Waals surface area contributed by atoms with Gasteiger partial charge >= 0.3 is 12.1 Å². The summed E-state index contributed by atoms with van der Waals surface area (Å²) in [5.74, 6) is -1.07. The summed E-state index contributed by atoms with van der Waals surface area (Å²) in [5.41, 5.74) is 6.50. The lowest BCUT2D eigenvalue weighted by Gasteiger charge is -2.49. The summed E-state index contributed by atoms with van der Waals surface area (Å²) in [5, 5.41) is 16.7. The molecule has 2 amide bonds. The molecule has 4 heterocycles. The summed E-state index contributed by atoms with van der Waals surface area (Å²) in [7, 11) is 3.89. The quantitative estimate of drug-likeness (QED) is 0.133. The van der Waals surface area contributed by atoms with Crippen molar-refractivity contribution in [2.24, 2.45) is 5.41 Å². The van der Waals surface area contributed by atoms with Crippen molar-refractivity contribution in [3.8, 4) is 0 Å². The highest BCUT2D eigenvalue weighted by Crippen LogP contribution is 2.42. The second kappa shape index (κ2) is 14.8. The van der Waals surface area contributed by atoms with Gasteiger partial charge in [-0.25, -0.2) is 19.3 Å². The monoisotopic (exact) mass is 683 g/mol. The molecule has 0 bridgehead atoms. The van der Waals surface area contributed by atoms with Gasteiger partial charge in [-0.1, -0.05) is 32.5 Å². The van der Waals surface area contributed by atoms with Crippen molar-refractivity contribution in [1.82, 2.24) is 40.3 Å². The number of β-lactam (4-membered cyclic amide) rings is 1. The molecule has 0 aliphatic carbocycles. The van der Waals surface area contributed by atoms with Crippen molar-refractivity contribution in [3.63, 3.8) is 0 Å². The van der Waals surface area contributed by atoms with Crippen molar-refractivity contribution in [2.75, 3.05) is 44.5 Å². The van der Waals surface area contributed by atoms with Crippen LogP contribution in [-0.2, 0) is 41.6 Å². The Labute approximate surface area is 272 Å². The average molecular weight is 684 g/mol. The van der Waals surface area contributed by atoms with E-state index < -0.39 is 41.6 Å². The molecule has 16 nitrogen and oxygen atoms in total. The Hall–Kier alpha value is -3.42. The molecule has 1 fully saturated rings. The van der Waals surface area contributed by atoms with Gasteiger partial charge in [0.05, 0.1) is 25.3 Å². The molecule has 0 spiro atoms. The van der Waals surface area contributed by atoms with E-state index >= 15 is 0 Å². The number of amides is 2. The highest BCUT2D eigenvalue weighted by atomic mass is 32.2. The molecule has 1 saturated heterocycles. The van der Waals surface area contributed by atoms with Crippen LogP contribution in [-0.4, -0.2) is 115 Å². The highest BCUT2D eigenvalue weighted by molar-refractivity contribution is 8.01. The minimum atomic E-state index is -1.30. The Balaban J connectivity index is 1.48. The standard InChI is InChI=1S/C26H37N9O7S3/c1-14(42-25(39)40-13-26(2,3)4)41-22(38)19-15(11-45-24-30-31-32-34(24)8-7-33(5)6)10-43-21-18(20(37)35(19)21)29-17(36)9-16-12-44-23(27)28-16/h12,14,18,21H,7-11,13H2,1-6H3,(H2,27,28)(H,29,36)/t14?,18-,21+/m1/s1. The van der Waals surface area contributed by atoms with Crippen molar-refractivity contribution < 1.29 is 33.4 Å². The zero-order chi connectivity index (χ0) is 32.9. The minimum absolute atomic E-state index is 0.0276. The van der Waals surface area contributed by atoms with Gasteiger partial charge in [0, 0.05) is 30.4 Å². The van der Waals surface area contributed by atoms with E-state index in [1.807, 2.05) is 39.8 Å². The van der Waals surface area contributed by atoms with Gasteiger partial charge in [-0.3, -0.25) is 14.5 Å². The van der Waals surface area contributed by atoms with E-state index in [1.165, 1.54) is 46.7 Å². The van der Waals surface area contributed by atoms with Crippen LogP contribution >= 0.6 is 34.9 Å². The summed E-state index contributed by atoms with van der Waals surface area (Å²) in [4.78, 5) is 59.2. The van der Waals surface area contributed by atoms with Crippen LogP contribution < -0.4 is 11.1 Å². The fourth-order valence-electron chi connectivity index (χ4n) is 4.14. The van der Waals surface area contributed by atoms with Gasteiger partial charge in [0.15, 0.2) is 5.13 Å². The number of hydrogen-bond acceptors (Lipinski definition) is 16. The first-order valence-electron chi connectivity index (χ1n) is 14.0. The number of nitrogens with zero attached hydrogens (tertiary/aromatic N) is 7. The molecule has 4 rings (SSSR count). The Morgan fingerprint density at radius 3 is 2.69 bits per heavy atom. The molecule has 3 atom stereocenters. The first-order valence-corrected chi connectivity index (χ1v) is 16.9. The fraction of sp³-hybridized carbons (Fsp3) is 0.615. The molecule has 2 aromatic heterocycles. The second-order valence-corrected chi connectivity index (χ2v) is 14.7. The van der Waals surface area contributed by atoms with Crippen LogP contribution in [0, 0.1) is 5.41 Å². The van der Waals surface area contributed by atoms with E-state index in [-0.39, 0.29) is 29.9 Å². The number of tetrazole rings is 1. The van der Waals surface area contributed by atoms with Gasteiger partial charge in [-0.05, 0) is 35.5 Å². The smallest absolute Gasteiger partial charge is 0.434 e. The summed E-state index contributed by atoms with van der Waals surface area (Å²) < 4.78 is 17.3. The number of hydrogen-bond donors (Lipinski definition) is 2. The number of carbonyl (C=O) groups is 4. The summed E-state index contributed by atoms with van der Waals surface area (Å²) in [6.07, 6.45) is -2.32. The van der Waals surface area contributed by atoms with Crippen molar-refractivity contribution in [2.45, 2.75) is 63.5 Å². The largest absolute Gasteiger partial charge is 0.511 e. The van der Waals surface area contributed by atoms with Crippen LogP contribution in [0.1, 0.15) is 33.4 Å². The zero-order valence-electron chi connectivity index (χ0n) is 25.8. The number of thiazole rings is 1. The summed E-state index contributed by atoms with van der Waals surface area (Å²) >= 11 is 3.94. The maximum atomic E-state index is 13.5. The molecule has 246 valence electrons. The molecule has 2 aliphatic rings. The molecule has 2 aliphatic heterocycles. The molecule has 3 N–H and O–H groups in total. The lowest BCUT2D eigenvalue weighted by molar-refractivity contribution is -0.169. The maximum absolute atomic E-state index is 13.5. The molecule has 45 heavy (non-hydrogen) atoms. The first-order chi connectivity index (χ1) is 21.2. The maximum Gasteiger partial charge on any atom is 0.511 e. The number of nitrogens with two attached hydrogens (primary N) is 1. The number of carbonyl (C=O) groups excluding carboxylic acids is 4. The van der Waals surface area contributed by atoms with Crippen molar-refractivity contribution in [1.29, 1.82) is 0 Å².